The first-order valence-electron chi connectivity index (χ1n) is 0.200. The van der Waals surface area contributed by atoms with Crippen LogP contribution in [0.5, 0.6) is 0 Å². The van der Waals surface area contributed by atoms with Crippen LogP contribution in [0.15, 0.2) is 0 Å². The van der Waals surface area contributed by atoms with Crippen molar-refractivity contribution in [2.75, 3.05) is 0 Å². The van der Waals surface area contributed by atoms with E-state index in [1.165, 1.54) is 0 Å². The zero-order valence-electron chi connectivity index (χ0n) is 1.55. The predicted molar refractivity (Wildman–Crippen MR) is 18.0 cm³/mol. The maximum Gasteiger partial charge on any atom is 0 e. The molecule has 4 heavy (non-hydrogen) atoms. The van der Waals surface area contributed by atoms with E-state index in [4.69, 9.17) is 0 Å². The molecule has 4 heteroatoms. The van der Waals surface area contributed by atoms with E-state index in [-0.39, 0.29) is 34.1 Å². The number of hydrogen-bond donors (Lipinski definition) is 2. The number of rotatable bonds is 0. The molecule has 1 radical (unpaired) electrons. The molecule has 0 fully saturated rings. The van der Waals surface area contributed by atoms with Gasteiger partial charge in [-0.1, -0.05) is 0 Å². The van der Waals surface area contributed by atoms with Gasteiger partial charge in [-0.2, -0.15) is 0 Å². The smallest absolute Gasteiger partial charge is 0 e. The van der Waals surface area contributed by atoms with Crippen LogP contribution in [0, 0.1) is 0 Å². The molecule has 0 N–H and O–H groups in total. The molecule has 0 aliphatic rings. The second-order valence-electron chi connectivity index (χ2n) is 0. The monoisotopic (exact) mass is 185 g/mol. The molecule has 0 nitrogen and oxygen atoms in total. The molecule has 0 aromatic carbocycles. The first-order valence-corrected chi connectivity index (χ1v) is 1.80. The van der Waals surface area contributed by atoms with Gasteiger partial charge in [0.05, 0.1) is 0 Å². The molecule has 0 spiro atoms. The molecule has 33 valence electrons. The zero-order valence-corrected chi connectivity index (χ0v) is 5.38. The van der Waals surface area contributed by atoms with E-state index in [1.807, 2.05) is 0 Å². The van der Waals surface area contributed by atoms with Crippen molar-refractivity contribution in [1.29, 1.82) is 0 Å². The molecule has 0 amide bonds. The van der Waals surface area contributed by atoms with Crippen molar-refractivity contribution in [3.63, 3.8) is 0 Å². The fourth-order valence-electron chi connectivity index (χ4n) is 0. The zero-order chi connectivity index (χ0) is 2.00. The normalized spacial score (nSPS) is 1.50. The van der Waals surface area contributed by atoms with Crippen LogP contribution >= 0.6 is 23.3 Å². The summed E-state index contributed by atoms with van der Waals surface area (Å²) in [6.07, 6.45) is 0. The van der Waals surface area contributed by atoms with Crippen molar-refractivity contribution < 1.29 is 34.1 Å². The summed E-state index contributed by atoms with van der Waals surface area (Å²) in [5.41, 5.74) is 0. The SMILES string of the molecule is SS.[Cu].[Fe]. The van der Waals surface area contributed by atoms with Gasteiger partial charge in [0.25, 0.3) is 0 Å². The molecule has 0 saturated heterocycles. The van der Waals surface area contributed by atoms with E-state index in [0.717, 1.165) is 0 Å². The molecular formula is H2CuFeS2. The summed E-state index contributed by atoms with van der Waals surface area (Å²) in [6.45, 7) is 0. The second kappa shape index (κ2) is 21.9. The third-order valence-electron chi connectivity index (χ3n) is 0. The van der Waals surface area contributed by atoms with Gasteiger partial charge < -0.3 is 0 Å². The van der Waals surface area contributed by atoms with Gasteiger partial charge in [-0.15, -0.1) is 23.3 Å². The van der Waals surface area contributed by atoms with E-state index in [1.54, 1.807) is 0 Å². The Labute approximate surface area is 57.3 Å². The standard InChI is InChI=1S/Cu.Fe.H2S2/c;;1-2/h;;1-2H. The third-order valence-corrected chi connectivity index (χ3v) is 0. The summed E-state index contributed by atoms with van der Waals surface area (Å²) in [5, 5.41) is 0. The fraction of sp³-hybridized carbons (Fsp3) is 0. The maximum absolute atomic E-state index is 3.22. The molecule has 0 bridgehead atoms. The van der Waals surface area contributed by atoms with Crippen LogP contribution in [0.4, 0.5) is 0 Å². The molecule has 0 aliphatic carbocycles. The van der Waals surface area contributed by atoms with Crippen LogP contribution in [-0.4, -0.2) is 0 Å². The molecule has 0 aromatic rings. The van der Waals surface area contributed by atoms with Crippen molar-refractivity contribution in [1.82, 2.24) is 0 Å². The van der Waals surface area contributed by atoms with Gasteiger partial charge in [0.1, 0.15) is 0 Å². The summed E-state index contributed by atoms with van der Waals surface area (Å²) in [5.74, 6) is 0. The summed E-state index contributed by atoms with van der Waals surface area (Å²) in [7, 11) is 0. The van der Waals surface area contributed by atoms with Gasteiger partial charge in [0.15, 0.2) is 0 Å². The Kier molecular flexibility index (Phi) is 94.1. The van der Waals surface area contributed by atoms with Crippen LogP contribution in [0.3, 0.4) is 0 Å². The largest absolute Gasteiger partial charge is 0.115 e. The number of thiol groups is 2. The first-order chi connectivity index (χ1) is 1.00. The molecule has 0 unspecified atom stereocenters. The van der Waals surface area contributed by atoms with Crippen molar-refractivity contribution >= 4 is 23.3 Å². The second-order valence-corrected chi connectivity index (χ2v) is 0. The quantitative estimate of drug-likeness (QED) is 0.311. The fourth-order valence-corrected chi connectivity index (χ4v) is 0. The van der Waals surface area contributed by atoms with Crippen LogP contribution in [0.25, 0.3) is 0 Å². The Hall–Kier alpha value is 1.74. The van der Waals surface area contributed by atoms with Crippen LogP contribution in [-0.2, 0) is 34.1 Å². The summed E-state index contributed by atoms with van der Waals surface area (Å²) >= 11 is 6.44. The van der Waals surface area contributed by atoms with E-state index in [2.05, 4.69) is 23.3 Å². The van der Waals surface area contributed by atoms with Crippen LogP contribution < -0.4 is 0 Å². The van der Waals surface area contributed by atoms with Crippen LogP contribution in [0.2, 0.25) is 0 Å². The minimum absolute atomic E-state index is 0. The third kappa shape index (κ3) is 9.28. The van der Waals surface area contributed by atoms with Crippen molar-refractivity contribution in [3.05, 3.63) is 0 Å². The van der Waals surface area contributed by atoms with Crippen molar-refractivity contribution in [3.8, 4) is 0 Å². The first kappa shape index (κ1) is 17.2. The Bertz CT molecular complexity index is 6.00. The van der Waals surface area contributed by atoms with Gasteiger partial charge in [0, 0.05) is 34.1 Å². The van der Waals surface area contributed by atoms with E-state index < -0.39 is 0 Å². The van der Waals surface area contributed by atoms with Gasteiger partial charge >= 0.3 is 0 Å². The Morgan fingerprint density at radius 3 is 1.00 bits per heavy atom. The summed E-state index contributed by atoms with van der Waals surface area (Å²) in [4.78, 5) is 0. The molecule has 0 aliphatic heterocycles. The van der Waals surface area contributed by atoms with E-state index >= 15 is 0 Å². The van der Waals surface area contributed by atoms with Gasteiger partial charge in [-0.05, 0) is 0 Å². The molecule has 0 heterocycles. The van der Waals surface area contributed by atoms with Gasteiger partial charge in [-0.3, -0.25) is 0 Å². The summed E-state index contributed by atoms with van der Waals surface area (Å²) in [6, 6.07) is 0. The summed E-state index contributed by atoms with van der Waals surface area (Å²) < 4.78 is 0. The average Bonchev–Trinajstić information content (AvgIpc) is 1.00. The molecular weight excluding hydrogens is 184 g/mol. The topological polar surface area (TPSA) is 0 Å². The molecule has 0 aromatic heterocycles. The predicted octanol–water partition coefficient (Wildman–Crippen LogP) is 0.756. The minimum Gasteiger partial charge on any atom is -0.115 e. The van der Waals surface area contributed by atoms with E-state index in [9.17, 15) is 0 Å². The van der Waals surface area contributed by atoms with Crippen molar-refractivity contribution in [2.45, 2.75) is 0 Å². The van der Waals surface area contributed by atoms with Gasteiger partial charge in [-0.25, -0.2) is 0 Å². The average molecular weight is 186 g/mol. The van der Waals surface area contributed by atoms with Crippen LogP contribution in [0.1, 0.15) is 0 Å². The van der Waals surface area contributed by atoms with Crippen molar-refractivity contribution in [2.24, 2.45) is 0 Å². The minimum atomic E-state index is 0. The molecule has 0 rings (SSSR count). The van der Waals surface area contributed by atoms with E-state index in [0.29, 0.717) is 0 Å². The Morgan fingerprint density at radius 2 is 1.00 bits per heavy atom. The molecule has 0 atom stereocenters. The maximum atomic E-state index is 3.22. The van der Waals surface area contributed by atoms with Gasteiger partial charge in [0.2, 0.25) is 0 Å². The number of hydrogen-bond acceptors (Lipinski definition) is 2. The Balaban J connectivity index is -0.00000000500. The molecule has 0 saturated carbocycles. The Morgan fingerprint density at radius 1 is 1.00 bits per heavy atom.